The summed E-state index contributed by atoms with van der Waals surface area (Å²) in [5.41, 5.74) is 3.05. The fraction of sp³-hybridized carbons (Fsp3) is 0.300. The maximum atomic E-state index is 11.9. The summed E-state index contributed by atoms with van der Waals surface area (Å²) in [5.74, 6) is -0.769. The first kappa shape index (κ1) is 19.0. The highest BCUT2D eigenvalue weighted by Crippen LogP contribution is 2.14. The third kappa shape index (κ3) is 6.24. The number of benzene rings is 2. The number of carbonyl (C=O) groups is 2. The lowest BCUT2D eigenvalue weighted by Crippen LogP contribution is -2.31. The molecule has 0 radical (unpaired) electrons. The number of esters is 1. The van der Waals surface area contributed by atoms with Gasteiger partial charge in [0.05, 0.1) is 12.5 Å². The molecule has 0 saturated carbocycles. The molecule has 132 valence electrons. The molecule has 0 aromatic heterocycles. The number of halogens is 1. The largest absolute Gasteiger partial charge is 0.455 e. The minimum atomic E-state index is -0.447. The van der Waals surface area contributed by atoms with Crippen LogP contribution in [0.15, 0.2) is 48.5 Å². The van der Waals surface area contributed by atoms with Crippen molar-refractivity contribution in [2.24, 2.45) is 0 Å². The first-order chi connectivity index (χ1) is 12.0. The topological polar surface area (TPSA) is 55.4 Å². The van der Waals surface area contributed by atoms with E-state index in [1.165, 1.54) is 5.56 Å². The van der Waals surface area contributed by atoms with Gasteiger partial charge in [0, 0.05) is 5.02 Å². The number of aryl methyl sites for hydroxylation is 1. The SMILES string of the molecule is CCc1ccc([C@@H](C)NC(=O)COC(=O)Cc2ccc(Cl)cc2)cc1. The van der Waals surface area contributed by atoms with Crippen LogP contribution in [0, 0.1) is 0 Å². The van der Waals surface area contributed by atoms with Gasteiger partial charge in [-0.25, -0.2) is 0 Å². The summed E-state index contributed by atoms with van der Waals surface area (Å²) in [6.45, 7) is 3.71. The highest BCUT2D eigenvalue weighted by molar-refractivity contribution is 6.30. The number of carbonyl (C=O) groups excluding carboxylic acids is 2. The van der Waals surface area contributed by atoms with Crippen LogP contribution in [-0.4, -0.2) is 18.5 Å². The van der Waals surface area contributed by atoms with Crippen molar-refractivity contribution in [3.63, 3.8) is 0 Å². The molecule has 0 saturated heterocycles. The van der Waals surface area contributed by atoms with E-state index in [2.05, 4.69) is 12.2 Å². The van der Waals surface area contributed by atoms with E-state index in [0.717, 1.165) is 17.5 Å². The van der Waals surface area contributed by atoms with Gasteiger partial charge in [0.1, 0.15) is 0 Å². The molecule has 2 aromatic carbocycles. The average Bonchev–Trinajstić information content (AvgIpc) is 2.62. The van der Waals surface area contributed by atoms with Crippen molar-refractivity contribution >= 4 is 23.5 Å². The molecule has 0 aliphatic carbocycles. The second kappa shape index (κ2) is 9.23. The second-order valence-corrected chi connectivity index (χ2v) is 6.28. The van der Waals surface area contributed by atoms with Crippen LogP contribution in [0.1, 0.15) is 36.6 Å². The molecular weight excluding hydrogens is 338 g/mol. The monoisotopic (exact) mass is 359 g/mol. The van der Waals surface area contributed by atoms with Crippen molar-refractivity contribution in [1.82, 2.24) is 5.32 Å². The Labute approximate surface area is 153 Å². The summed E-state index contributed by atoms with van der Waals surface area (Å²) in [6, 6.07) is 14.9. The summed E-state index contributed by atoms with van der Waals surface area (Å²) in [6.07, 6.45) is 1.09. The zero-order valence-corrected chi connectivity index (χ0v) is 15.2. The predicted octanol–water partition coefficient (Wildman–Crippen LogP) is 3.87. The minimum absolute atomic E-state index is 0.110. The van der Waals surface area contributed by atoms with E-state index in [0.29, 0.717) is 5.02 Å². The first-order valence-electron chi connectivity index (χ1n) is 8.26. The molecule has 0 unspecified atom stereocenters. The number of ether oxygens (including phenoxy) is 1. The fourth-order valence-corrected chi connectivity index (χ4v) is 2.50. The van der Waals surface area contributed by atoms with Gasteiger partial charge in [-0.1, -0.05) is 54.9 Å². The molecule has 25 heavy (non-hydrogen) atoms. The number of amides is 1. The summed E-state index contributed by atoms with van der Waals surface area (Å²) >= 11 is 5.80. The summed E-state index contributed by atoms with van der Waals surface area (Å²) in [5, 5.41) is 3.44. The Hall–Kier alpha value is -2.33. The van der Waals surface area contributed by atoms with Gasteiger partial charge in [0.25, 0.3) is 5.91 Å². The maximum Gasteiger partial charge on any atom is 0.310 e. The van der Waals surface area contributed by atoms with Crippen LogP contribution >= 0.6 is 11.6 Å². The zero-order chi connectivity index (χ0) is 18.2. The van der Waals surface area contributed by atoms with Gasteiger partial charge >= 0.3 is 5.97 Å². The van der Waals surface area contributed by atoms with E-state index in [1.807, 2.05) is 31.2 Å². The molecule has 0 aliphatic heterocycles. The minimum Gasteiger partial charge on any atom is -0.455 e. The number of hydrogen-bond acceptors (Lipinski definition) is 3. The summed E-state index contributed by atoms with van der Waals surface area (Å²) in [7, 11) is 0. The molecular formula is C20H22ClNO3. The molecule has 0 heterocycles. The molecule has 2 aromatic rings. The van der Waals surface area contributed by atoms with Crippen molar-refractivity contribution in [2.45, 2.75) is 32.7 Å². The lowest BCUT2D eigenvalue weighted by atomic mass is 10.1. The second-order valence-electron chi connectivity index (χ2n) is 5.85. The highest BCUT2D eigenvalue weighted by Gasteiger charge is 2.12. The number of rotatable bonds is 7. The van der Waals surface area contributed by atoms with Crippen LogP contribution in [-0.2, 0) is 27.2 Å². The van der Waals surface area contributed by atoms with E-state index in [1.54, 1.807) is 24.3 Å². The summed E-state index contributed by atoms with van der Waals surface area (Å²) in [4.78, 5) is 23.7. The average molecular weight is 360 g/mol. The van der Waals surface area contributed by atoms with E-state index >= 15 is 0 Å². The van der Waals surface area contributed by atoms with Gasteiger partial charge in [-0.15, -0.1) is 0 Å². The van der Waals surface area contributed by atoms with Gasteiger partial charge in [0.2, 0.25) is 0 Å². The van der Waals surface area contributed by atoms with Crippen LogP contribution in [0.4, 0.5) is 0 Å². The van der Waals surface area contributed by atoms with Gasteiger partial charge < -0.3 is 10.1 Å². The van der Waals surface area contributed by atoms with Crippen molar-refractivity contribution in [1.29, 1.82) is 0 Å². The molecule has 2 rings (SSSR count). The Morgan fingerprint density at radius 3 is 2.24 bits per heavy atom. The Balaban J connectivity index is 1.77. The fourth-order valence-electron chi connectivity index (χ4n) is 2.37. The van der Waals surface area contributed by atoms with E-state index in [9.17, 15) is 9.59 Å². The van der Waals surface area contributed by atoms with E-state index < -0.39 is 5.97 Å². The third-order valence-corrected chi connectivity index (χ3v) is 4.14. The standard InChI is InChI=1S/C20H22ClNO3/c1-3-15-4-8-17(9-5-15)14(2)22-19(23)13-25-20(24)12-16-6-10-18(21)11-7-16/h4-11,14H,3,12-13H2,1-2H3,(H,22,23)/t14-/m1/s1. The maximum absolute atomic E-state index is 11.9. The van der Waals surface area contributed by atoms with Crippen LogP contribution in [0.2, 0.25) is 5.02 Å². The number of hydrogen-bond donors (Lipinski definition) is 1. The van der Waals surface area contributed by atoms with Gasteiger partial charge in [-0.3, -0.25) is 9.59 Å². The molecule has 1 amide bonds. The molecule has 0 aliphatic rings. The quantitative estimate of drug-likeness (QED) is 0.763. The van der Waals surface area contributed by atoms with Crippen LogP contribution in [0.25, 0.3) is 0 Å². The molecule has 1 N–H and O–H groups in total. The third-order valence-electron chi connectivity index (χ3n) is 3.89. The zero-order valence-electron chi connectivity index (χ0n) is 14.4. The predicted molar refractivity (Wildman–Crippen MR) is 98.5 cm³/mol. The molecule has 5 heteroatoms. The molecule has 0 bridgehead atoms. The van der Waals surface area contributed by atoms with Gasteiger partial charge in [-0.05, 0) is 42.2 Å². The van der Waals surface area contributed by atoms with Gasteiger partial charge in [0.15, 0.2) is 6.61 Å². The lowest BCUT2D eigenvalue weighted by Gasteiger charge is -2.15. The molecule has 1 atom stereocenters. The smallest absolute Gasteiger partial charge is 0.310 e. The van der Waals surface area contributed by atoms with Crippen molar-refractivity contribution in [3.05, 3.63) is 70.2 Å². The number of nitrogens with one attached hydrogen (secondary N) is 1. The lowest BCUT2D eigenvalue weighted by molar-refractivity contribution is -0.148. The van der Waals surface area contributed by atoms with Gasteiger partial charge in [-0.2, -0.15) is 0 Å². The normalized spacial score (nSPS) is 11.6. The Kier molecular flexibility index (Phi) is 7.02. The Bertz CT molecular complexity index is 711. The van der Waals surface area contributed by atoms with E-state index in [-0.39, 0.29) is 25.0 Å². The van der Waals surface area contributed by atoms with Crippen LogP contribution < -0.4 is 5.32 Å². The van der Waals surface area contributed by atoms with Crippen molar-refractivity contribution in [3.8, 4) is 0 Å². The molecule has 0 spiro atoms. The molecule has 4 nitrogen and oxygen atoms in total. The van der Waals surface area contributed by atoms with E-state index in [4.69, 9.17) is 16.3 Å². The Morgan fingerprint density at radius 2 is 1.64 bits per heavy atom. The summed E-state index contributed by atoms with van der Waals surface area (Å²) < 4.78 is 5.03. The molecule has 0 fully saturated rings. The van der Waals surface area contributed by atoms with Crippen LogP contribution in [0.5, 0.6) is 0 Å². The highest BCUT2D eigenvalue weighted by atomic mass is 35.5. The Morgan fingerprint density at radius 1 is 1.04 bits per heavy atom. The van der Waals surface area contributed by atoms with Crippen molar-refractivity contribution < 1.29 is 14.3 Å². The first-order valence-corrected chi connectivity index (χ1v) is 8.64. The van der Waals surface area contributed by atoms with Crippen LogP contribution in [0.3, 0.4) is 0 Å². The van der Waals surface area contributed by atoms with Crippen molar-refractivity contribution in [2.75, 3.05) is 6.61 Å².